The van der Waals surface area contributed by atoms with Gasteiger partial charge in [0.2, 0.25) is 5.91 Å². The Balaban J connectivity index is 1.42. The molecule has 1 atom stereocenters. The maximum atomic E-state index is 14.4. The third kappa shape index (κ3) is 8.57. The molecule has 2 heterocycles. The fourth-order valence-electron chi connectivity index (χ4n) is 7.00. The standard InChI is InChI=1S/C37H47F3N6O3/c1-24(27-19-28(37(38,39)40)21-29(41)20-27)43-34-30-22-31(33(48-4)23-32(30)44-25(2)45-34)36(12-6-5-7-13-36)35(47)46(3)16-18-49-17-8-9-26-10-14-42-15-11-26/h19-24,26,42H,5-7,10-18,41H2,1-4H3,(H,43,44,45)/t24-/m1/s1. The van der Waals surface area contributed by atoms with Crippen molar-refractivity contribution in [3.8, 4) is 17.6 Å². The molecule has 3 aromatic rings. The number of hydrogen-bond donors (Lipinski definition) is 3. The molecule has 2 fully saturated rings. The number of amides is 1. The number of fused-ring (bicyclic) bond motifs is 1. The molecule has 1 aliphatic carbocycles. The molecule has 4 N–H and O–H groups in total. The second-order valence-corrected chi connectivity index (χ2v) is 13.2. The SMILES string of the molecule is COc1cc2nc(C)nc(N[C@H](C)c3cc(N)cc(C(F)(F)F)c3)c2cc1C1(C(=O)N(C)CCOCC#CC2CCNCC2)CCCCC1. The molecule has 2 aromatic carbocycles. The van der Waals surface area contributed by atoms with E-state index in [2.05, 4.69) is 32.4 Å². The molecule has 49 heavy (non-hydrogen) atoms. The van der Waals surface area contributed by atoms with E-state index in [0.29, 0.717) is 72.4 Å². The van der Waals surface area contributed by atoms with Crippen LogP contribution in [0.25, 0.3) is 10.9 Å². The number of nitrogens with zero attached hydrogens (tertiary/aromatic N) is 3. The number of nitrogens with two attached hydrogens (primary N) is 1. The largest absolute Gasteiger partial charge is 0.496 e. The number of aryl methyl sites for hydroxylation is 1. The molecule has 9 nitrogen and oxygen atoms in total. The summed E-state index contributed by atoms with van der Waals surface area (Å²) < 4.78 is 52.5. The Bertz CT molecular complexity index is 1690. The zero-order valence-electron chi connectivity index (χ0n) is 28.8. The molecule has 0 bridgehead atoms. The predicted molar refractivity (Wildman–Crippen MR) is 185 cm³/mol. The summed E-state index contributed by atoms with van der Waals surface area (Å²) in [6.07, 6.45) is 1.66. The van der Waals surface area contributed by atoms with Gasteiger partial charge in [-0.2, -0.15) is 13.2 Å². The first-order chi connectivity index (χ1) is 23.4. The normalized spacial score (nSPS) is 17.2. The van der Waals surface area contributed by atoms with Crippen LogP contribution in [0.4, 0.5) is 24.7 Å². The molecule has 1 aliphatic heterocycles. The van der Waals surface area contributed by atoms with Crippen molar-refractivity contribution in [2.24, 2.45) is 5.92 Å². The lowest BCUT2D eigenvalue weighted by Crippen LogP contribution is -2.47. The van der Waals surface area contributed by atoms with Crippen LogP contribution in [0, 0.1) is 24.7 Å². The zero-order chi connectivity index (χ0) is 35.2. The van der Waals surface area contributed by atoms with Gasteiger partial charge in [0.05, 0.1) is 36.3 Å². The highest BCUT2D eigenvalue weighted by atomic mass is 19.4. The van der Waals surface area contributed by atoms with E-state index in [1.807, 2.05) is 12.1 Å². The molecule has 1 aromatic heterocycles. The number of nitrogens with one attached hydrogen (secondary N) is 2. The molecule has 0 spiro atoms. The van der Waals surface area contributed by atoms with Crippen molar-refractivity contribution in [1.82, 2.24) is 20.2 Å². The lowest BCUT2D eigenvalue weighted by Gasteiger charge is -2.40. The lowest BCUT2D eigenvalue weighted by atomic mass is 9.68. The maximum absolute atomic E-state index is 14.4. The van der Waals surface area contributed by atoms with E-state index in [1.54, 1.807) is 32.9 Å². The Labute approximate surface area is 286 Å². The summed E-state index contributed by atoms with van der Waals surface area (Å²) in [7, 11) is 3.39. The second-order valence-electron chi connectivity index (χ2n) is 13.2. The molecule has 0 unspecified atom stereocenters. The highest BCUT2D eigenvalue weighted by Crippen LogP contribution is 2.46. The van der Waals surface area contributed by atoms with Gasteiger partial charge in [0.15, 0.2) is 0 Å². The summed E-state index contributed by atoms with van der Waals surface area (Å²) in [6, 6.07) is 6.71. The van der Waals surface area contributed by atoms with Crippen LogP contribution in [0.15, 0.2) is 30.3 Å². The molecule has 1 amide bonds. The molecule has 12 heteroatoms. The fraction of sp³-hybridized carbons (Fsp3) is 0.541. The molecular weight excluding hydrogens is 633 g/mol. The van der Waals surface area contributed by atoms with Gasteiger partial charge in [0, 0.05) is 42.2 Å². The summed E-state index contributed by atoms with van der Waals surface area (Å²) in [5.74, 6) is 8.32. The van der Waals surface area contributed by atoms with Crippen LogP contribution in [0.1, 0.15) is 80.4 Å². The molecule has 0 radical (unpaired) electrons. The van der Waals surface area contributed by atoms with Gasteiger partial charge in [-0.3, -0.25) is 4.79 Å². The minimum atomic E-state index is -4.53. The Morgan fingerprint density at radius 3 is 2.57 bits per heavy atom. The molecule has 5 rings (SSSR count). The highest BCUT2D eigenvalue weighted by molar-refractivity contribution is 5.95. The van der Waals surface area contributed by atoms with Crippen LogP contribution in [0.3, 0.4) is 0 Å². The number of nitrogen functional groups attached to an aromatic ring is 1. The van der Waals surface area contributed by atoms with Gasteiger partial charge in [0.25, 0.3) is 0 Å². The van der Waals surface area contributed by atoms with Crippen molar-refractivity contribution in [2.45, 2.75) is 76.4 Å². The highest BCUT2D eigenvalue weighted by Gasteiger charge is 2.45. The minimum absolute atomic E-state index is 0.00964. The summed E-state index contributed by atoms with van der Waals surface area (Å²) in [6.45, 7) is 6.61. The first-order valence-electron chi connectivity index (χ1n) is 17.0. The molecular formula is C37H47F3N6O3. The van der Waals surface area contributed by atoms with E-state index in [1.165, 1.54) is 6.07 Å². The van der Waals surface area contributed by atoms with Crippen molar-refractivity contribution in [3.63, 3.8) is 0 Å². The number of piperidine rings is 1. The number of carbonyl (C=O) groups is 1. The van der Waals surface area contributed by atoms with Gasteiger partial charge in [0.1, 0.15) is 24.0 Å². The number of methoxy groups -OCH3 is 1. The fourth-order valence-corrected chi connectivity index (χ4v) is 7.00. The number of benzene rings is 2. The first kappa shape index (κ1) is 36.2. The monoisotopic (exact) mass is 680 g/mol. The van der Waals surface area contributed by atoms with Crippen molar-refractivity contribution >= 4 is 28.3 Å². The number of rotatable bonds is 10. The van der Waals surface area contributed by atoms with E-state index in [4.69, 9.17) is 15.2 Å². The van der Waals surface area contributed by atoms with Crippen LogP contribution in [-0.4, -0.2) is 67.8 Å². The van der Waals surface area contributed by atoms with Crippen LogP contribution in [-0.2, 0) is 21.1 Å². The van der Waals surface area contributed by atoms with E-state index < -0.39 is 23.2 Å². The molecule has 2 aliphatic rings. The first-order valence-corrected chi connectivity index (χ1v) is 17.0. The van der Waals surface area contributed by atoms with Crippen LogP contribution in [0.2, 0.25) is 0 Å². The van der Waals surface area contributed by atoms with Gasteiger partial charge in [-0.1, -0.05) is 31.1 Å². The number of aromatic nitrogens is 2. The second kappa shape index (κ2) is 15.6. The Morgan fingerprint density at radius 1 is 1.14 bits per heavy atom. The van der Waals surface area contributed by atoms with Crippen molar-refractivity contribution < 1.29 is 27.4 Å². The molecule has 1 saturated carbocycles. The number of carbonyl (C=O) groups excluding carboxylic acids is 1. The zero-order valence-corrected chi connectivity index (χ0v) is 28.8. The average Bonchev–Trinajstić information content (AvgIpc) is 3.08. The third-order valence-corrected chi connectivity index (χ3v) is 9.66. The van der Waals surface area contributed by atoms with Gasteiger partial charge in [-0.15, -0.1) is 0 Å². The molecule has 1 saturated heterocycles. The van der Waals surface area contributed by atoms with Crippen molar-refractivity contribution in [2.75, 3.05) is 58.1 Å². The third-order valence-electron chi connectivity index (χ3n) is 9.66. The number of hydrogen-bond acceptors (Lipinski definition) is 8. The Morgan fingerprint density at radius 2 is 1.88 bits per heavy atom. The van der Waals surface area contributed by atoms with E-state index in [0.717, 1.165) is 62.9 Å². The quantitative estimate of drug-likeness (QED) is 0.128. The predicted octanol–water partition coefficient (Wildman–Crippen LogP) is 6.40. The van der Waals surface area contributed by atoms with Crippen LogP contribution >= 0.6 is 0 Å². The number of anilines is 2. The van der Waals surface area contributed by atoms with Gasteiger partial charge >= 0.3 is 6.18 Å². The maximum Gasteiger partial charge on any atom is 0.416 e. The number of alkyl halides is 3. The van der Waals surface area contributed by atoms with E-state index >= 15 is 0 Å². The lowest BCUT2D eigenvalue weighted by molar-refractivity contribution is -0.138. The van der Waals surface area contributed by atoms with Crippen LogP contribution < -0.4 is 21.1 Å². The van der Waals surface area contributed by atoms with Crippen molar-refractivity contribution in [1.29, 1.82) is 0 Å². The smallest absolute Gasteiger partial charge is 0.416 e. The molecule has 264 valence electrons. The topological polar surface area (TPSA) is 115 Å². The van der Waals surface area contributed by atoms with E-state index in [-0.39, 0.29) is 11.6 Å². The summed E-state index contributed by atoms with van der Waals surface area (Å²) >= 11 is 0. The minimum Gasteiger partial charge on any atom is -0.496 e. The Kier molecular flexibility index (Phi) is 11.6. The van der Waals surface area contributed by atoms with Crippen LogP contribution in [0.5, 0.6) is 5.75 Å². The summed E-state index contributed by atoms with van der Waals surface area (Å²) in [4.78, 5) is 25.5. The van der Waals surface area contributed by atoms with Gasteiger partial charge < -0.3 is 30.7 Å². The van der Waals surface area contributed by atoms with Gasteiger partial charge in [-0.05, 0) is 82.4 Å². The van der Waals surface area contributed by atoms with E-state index in [9.17, 15) is 18.0 Å². The number of likely N-dealkylation sites (N-methyl/N-ethyl adjacent to an activating group) is 1. The number of ether oxygens (including phenoxy) is 2. The van der Waals surface area contributed by atoms with Crippen molar-refractivity contribution in [3.05, 3.63) is 52.8 Å². The Hall–Kier alpha value is -4.08. The summed E-state index contributed by atoms with van der Waals surface area (Å²) in [5, 5.41) is 7.29. The van der Waals surface area contributed by atoms with Gasteiger partial charge in [-0.25, -0.2) is 9.97 Å². The summed E-state index contributed by atoms with van der Waals surface area (Å²) in [5.41, 5.74) is 5.94. The average molecular weight is 681 g/mol. The number of halogens is 3.